The Kier molecular flexibility index (Phi) is 20.9. The summed E-state index contributed by atoms with van der Waals surface area (Å²) in [7, 11) is 6.68. The van der Waals surface area contributed by atoms with E-state index in [9.17, 15) is 19.2 Å². The van der Waals surface area contributed by atoms with Crippen LogP contribution >= 0.6 is 26.6 Å². The number of hydrogen-bond acceptors (Lipinski definition) is 20. The highest BCUT2D eigenvalue weighted by atomic mass is 32.5. The fourth-order valence-electron chi connectivity index (χ4n) is 7.52. The van der Waals surface area contributed by atoms with Crippen molar-refractivity contribution in [1.82, 2.24) is 19.1 Å². The van der Waals surface area contributed by atoms with Crippen molar-refractivity contribution < 1.29 is 55.4 Å². The van der Waals surface area contributed by atoms with Crippen LogP contribution in [0.3, 0.4) is 0 Å². The van der Waals surface area contributed by atoms with E-state index in [4.69, 9.17) is 104 Å². The normalized spacial score (nSPS) is 19.8. The molecule has 8 bridgehead atoms. The van der Waals surface area contributed by atoms with Crippen LogP contribution in [-0.2, 0) is 47.2 Å². The van der Waals surface area contributed by atoms with Crippen LogP contribution in [0.5, 0.6) is 46.0 Å². The Hall–Kier alpha value is -8.68. The highest BCUT2D eigenvalue weighted by molar-refractivity contribution is 8.10. The standard InChI is InChI=1S/C60H52N8O12P4S4/c1-65-61-37-45-5-21-55(22-6-45)75-83(87,79-59-33-17-51(43-71)18-34-59)77-57-25-9-47(10-26-57)39-63-67(3)82(86,74-54-31-15-50(42-70)16-32-54)68(4)64-40-48-11-27-58(28-12-48)78-84(88,80-60-35-19-52(44-72)20-36-60)76-56-23-7-46(8-24-56)38-62-66(2)81(65,85)73-53-29-13-49(41-69)14-30-53/h5-44H,1-4H3. The molecule has 7 aliphatic rings. The summed E-state index contributed by atoms with van der Waals surface area (Å²) < 4.78 is 57.1. The smallest absolute Gasteiger partial charge is 0.432 e. The first-order valence-corrected chi connectivity index (χ1v) is 36.4. The summed E-state index contributed by atoms with van der Waals surface area (Å²) in [5.41, 5.74) is 4.32. The molecule has 0 saturated heterocycles. The molecule has 8 aromatic rings. The molecule has 0 atom stereocenters. The molecule has 20 nitrogen and oxygen atoms in total. The quantitative estimate of drug-likeness (QED) is 0.0824. The molecular weight excluding hydrogens is 1280 g/mol. The maximum atomic E-state index is 11.5. The second-order valence-corrected chi connectivity index (χ2v) is 31.6. The van der Waals surface area contributed by atoms with E-state index in [2.05, 4.69) is 0 Å². The van der Waals surface area contributed by atoms with Gasteiger partial charge in [0, 0.05) is 74.1 Å². The predicted molar refractivity (Wildman–Crippen MR) is 357 cm³/mol. The van der Waals surface area contributed by atoms with Gasteiger partial charge in [-0.3, -0.25) is 19.2 Å². The minimum Gasteiger partial charge on any atom is -0.432 e. The minimum atomic E-state index is -3.72. The summed E-state index contributed by atoms with van der Waals surface area (Å²) in [6, 6.07) is 53.2. The lowest BCUT2D eigenvalue weighted by atomic mass is 10.2. The Morgan fingerprint density at radius 2 is 0.500 bits per heavy atom. The number of benzene rings is 8. The van der Waals surface area contributed by atoms with Gasteiger partial charge in [0.2, 0.25) is 0 Å². The van der Waals surface area contributed by atoms with Crippen LogP contribution in [0.25, 0.3) is 0 Å². The molecule has 7 heterocycles. The van der Waals surface area contributed by atoms with E-state index in [1.54, 1.807) is 247 Å². The van der Waals surface area contributed by atoms with Crippen molar-refractivity contribution in [3.8, 4) is 46.0 Å². The van der Waals surface area contributed by atoms with E-state index in [1.807, 2.05) is 0 Å². The fraction of sp³-hybridized carbons (Fsp3) is 0.0667. The molecule has 0 aromatic heterocycles. The van der Waals surface area contributed by atoms with Crippen LogP contribution in [0.15, 0.2) is 215 Å². The number of carbonyl (C=O) groups excluding carboxylic acids is 4. The monoisotopic (exact) mass is 1330 g/mol. The third kappa shape index (κ3) is 16.9. The Labute approximate surface area is 528 Å². The largest absolute Gasteiger partial charge is 0.490 e. The summed E-state index contributed by atoms with van der Waals surface area (Å²) in [5, 5.41) is 18.9. The van der Waals surface area contributed by atoms with Crippen molar-refractivity contribution in [2.45, 2.75) is 0 Å². The van der Waals surface area contributed by atoms with Crippen LogP contribution in [0, 0.1) is 0 Å². The molecule has 448 valence electrons. The van der Waals surface area contributed by atoms with E-state index in [0.717, 1.165) is 12.6 Å². The lowest BCUT2D eigenvalue weighted by molar-refractivity contribution is 0.111. The van der Waals surface area contributed by atoms with Crippen LogP contribution in [0.4, 0.5) is 0 Å². The molecule has 0 unspecified atom stereocenters. The second-order valence-electron chi connectivity index (χ2n) is 18.6. The van der Waals surface area contributed by atoms with E-state index in [1.165, 1.54) is 19.1 Å². The van der Waals surface area contributed by atoms with Gasteiger partial charge in [-0.25, -0.2) is 19.1 Å². The lowest BCUT2D eigenvalue weighted by Gasteiger charge is -2.34. The Bertz CT molecular complexity index is 3690. The number of aldehydes is 4. The first-order chi connectivity index (χ1) is 42.3. The number of hydrogen-bond donors (Lipinski definition) is 0. The van der Waals surface area contributed by atoms with Gasteiger partial charge in [0.1, 0.15) is 71.1 Å². The van der Waals surface area contributed by atoms with Gasteiger partial charge in [0.25, 0.3) is 0 Å². The fourth-order valence-corrected chi connectivity index (χ4v) is 15.3. The Balaban J connectivity index is 1.07. The number of rotatable bonds is 12. The Morgan fingerprint density at radius 3 is 0.693 bits per heavy atom. The van der Waals surface area contributed by atoms with Gasteiger partial charge in [-0.1, -0.05) is 0 Å². The molecule has 0 fully saturated rings. The van der Waals surface area contributed by atoms with Gasteiger partial charge in [-0.15, -0.1) is 0 Å². The lowest BCUT2D eigenvalue weighted by Crippen LogP contribution is -2.24. The molecule has 0 N–H and O–H groups in total. The highest BCUT2D eigenvalue weighted by Gasteiger charge is 2.33. The SMILES string of the molecule is CN1N=Cc2ccc(cc2)OP(=S)(Oc2ccc(C=O)cc2)Oc2ccc(cc2)C=NN(C)P(=S)(Oc2ccc(C=O)cc2)N(C)N=Cc2ccc(cc2)OP(=S)(Oc2ccc(C=O)cc2)Oc2ccc(cc2)C=NN(C)P1(=S)Oc1ccc(C=O)cc1. The van der Waals surface area contributed by atoms with Crippen molar-refractivity contribution in [2.75, 3.05) is 28.2 Å². The van der Waals surface area contributed by atoms with Crippen LogP contribution < -0.4 is 36.2 Å². The van der Waals surface area contributed by atoms with Crippen molar-refractivity contribution in [3.05, 3.63) is 239 Å². The van der Waals surface area contributed by atoms with Gasteiger partial charge in [-0.05, 0) is 240 Å². The molecule has 15 rings (SSSR count). The Morgan fingerprint density at radius 1 is 0.307 bits per heavy atom. The topological polar surface area (TPSA) is 205 Å². The summed E-state index contributed by atoms with van der Waals surface area (Å²) in [5.74, 6) is 2.62. The zero-order chi connectivity index (χ0) is 62.3. The van der Waals surface area contributed by atoms with E-state index in [0.29, 0.717) is 103 Å². The molecule has 7 aliphatic heterocycles. The molecule has 0 amide bonds. The third-order valence-corrected chi connectivity index (χ3v) is 23.8. The average molecular weight is 1330 g/mol. The van der Waals surface area contributed by atoms with Crippen molar-refractivity contribution >= 4 is 124 Å². The van der Waals surface area contributed by atoms with Crippen molar-refractivity contribution in [1.29, 1.82) is 0 Å². The van der Waals surface area contributed by atoms with Gasteiger partial charge in [0.05, 0.1) is 24.9 Å². The number of hydrazone groups is 4. The van der Waals surface area contributed by atoms with Crippen molar-refractivity contribution in [3.63, 3.8) is 0 Å². The van der Waals surface area contributed by atoms with Crippen molar-refractivity contribution in [2.24, 2.45) is 20.4 Å². The first-order valence-electron chi connectivity index (χ1n) is 26.1. The summed E-state index contributed by atoms with van der Waals surface area (Å²) in [6.07, 6.45) is 9.24. The molecule has 88 heavy (non-hydrogen) atoms. The van der Waals surface area contributed by atoms with E-state index >= 15 is 0 Å². The predicted octanol–water partition coefficient (Wildman–Crippen LogP) is 13.8. The van der Waals surface area contributed by atoms with Crippen LogP contribution in [-0.4, -0.2) is 97.3 Å². The summed E-state index contributed by atoms with van der Waals surface area (Å²) in [6.45, 7) is -14.2. The average Bonchev–Trinajstić information content (AvgIpc) is 3.71. The van der Waals surface area contributed by atoms with E-state index < -0.39 is 26.6 Å². The maximum absolute atomic E-state index is 11.5. The van der Waals surface area contributed by atoms with Gasteiger partial charge in [-0.2, -0.15) is 20.4 Å². The van der Waals surface area contributed by atoms with Crippen LogP contribution in [0.1, 0.15) is 63.7 Å². The second kappa shape index (κ2) is 28.9. The van der Waals surface area contributed by atoms with Gasteiger partial charge >= 0.3 is 26.6 Å². The molecule has 0 aliphatic carbocycles. The summed E-state index contributed by atoms with van der Waals surface area (Å²) >= 11 is 24.7. The molecule has 0 radical (unpaired) electrons. The number of nitrogens with zero attached hydrogens (tertiary/aromatic N) is 8. The number of carbonyl (C=O) groups is 4. The maximum Gasteiger partial charge on any atom is 0.490 e. The zero-order valence-corrected chi connectivity index (χ0v) is 53.8. The molecule has 0 saturated carbocycles. The first kappa shape index (κ1) is 63.8. The molecule has 0 spiro atoms. The van der Waals surface area contributed by atoms with Gasteiger partial charge < -0.3 is 36.2 Å². The highest BCUT2D eigenvalue weighted by Crippen LogP contribution is 2.56. The minimum absolute atomic E-state index is 0.305. The zero-order valence-electron chi connectivity index (χ0n) is 47.0. The molecular formula is C60H52N8O12P4S4. The van der Waals surface area contributed by atoms with E-state index in [-0.39, 0.29) is 0 Å². The summed E-state index contributed by atoms with van der Waals surface area (Å²) in [4.78, 5) is 46.0. The third-order valence-electron chi connectivity index (χ3n) is 12.3. The molecule has 28 heteroatoms. The van der Waals surface area contributed by atoms with Crippen LogP contribution in [0.2, 0.25) is 0 Å². The van der Waals surface area contributed by atoms with Gasteiger partial charge in [0.15, 0.2) is 0 Å². The molecule has 8 aromatic carbocycles.